The minimum atomic E-state index is -3.95. The van der Waals surface area contributed by atoms with Crippen molar-refractivity contribution in [3.8, 4) is 0 Å². The van der Waals surface area contributed by atoms with E-state index in [0.29, 0.717) is 13.2 Å². The number of nitro groups is 1. The predicted molar refractivity (Wildman–Crippen MR) is 195 cm³/mol. The summed E-state index contributed by atoms with van der Waals surface area (Å²) in [5, 5.41) is 11.1. The van der Waals surface area contributed by atoms with E-state index >= 15 is 0 Å². The Morgan fingerprint density at radius 2 is 1.31 bits per heavy atom. The molecular formula is C39H36BrN3O5S. The number of hydrogen-bond acceptors (Lipinski definition) is 6. The second kappa shape index (κ2) is 15.0. The molecule has 49 heavy (non-hydrogen) atoms. The van der Waals surface area contributed by atoms with Gasteiger partial charge in [-0.3, -0.25) is 15.0 Å². The Hall–Kier alpha value is -4.45. The van der Waals surface area contributed by atoms with Crippen LogP contribution in [-0.2, 0) is 20.4 Å². The topological polar surface area (TPSA) is 102 Å². The highest BCUT2D eigenvalue weighted by molar-refractivity contribution is 9.10. The third kappa shape index (κ3) is 7.15. The Kier molecular flexibility index (Phi) is 10.5. The largest absolute Gasteiger partial charge is 0.359 e. The zero-order valence-electron chi connectivity index (χ0n) is 26.6. The number of ether oxygens (including phenoxy) is 1. The molecule has 1 aliphatic heterocycles. The molecule has 0 aromatic heterocycles. The van der Waals surface area contributed by atoms with Gasteiger partial charge in [-0.15, -0.1) is 6.58 Å². The fraction of sp³-hybridized carbons (Fsp3) is 0.179. The normalized spacial score (nSPS) is 18.0. The molecule has 250 valence electrons. The molecule has 10 heteroatoms. The number of hydrogen-bond donors (Lipinski definition) is 1. The molecule has 0 amide bonds. The van der Waals surface area contributed by atoms with Crippen LogP contribution in [0.4, 0.5) is 5.69 Å². The summed E-state index contributed by atoms with van der Waals surface area (Å²) >= 11 is 3.55. The molecule has 8 nitrogen and oxygen atoms in total. The maximum absolute atomic E-state index is 13.4. The smallest absolute Gasteiger partial charge is 0.269 e. The number of nitro benzene ring substituents is 1. The van der Waals surface area contributed by atoms with Crippen LogP contribution in [0.5, 0.6) is 0 Å². The summed E-state index contributed by atoms with van der Waals surface area (Å²) in [5.74, 6) is -0.0902. The monoisotopic (exact) mass is 737 g/mol. The van der Waals surface area contributed by atoms with Crippen molar-refractivity contribution in [2.24, 2.45) is 0 Å². The molecule has 3 atom stereocenters. The molecule has 0 saturated carbocycles. The molecule has 1 aliphatic rings. The van der Waals surface area contributed by atoms with Gasteiger partial charge < -0.3 is 4.74 Å². The molecular weight excluding hydrogens is 702 g/mol. The molecule has 1 saturated heterocycles. The van der Waals surface area contributed by atoms with Gasteiger partial charge >= 0.3 is 0 Å². The third-order valence-electron chi connectivity index (χ3n) is 9.13. The Balaban J connectivity index is 1.35. The van der Waals surface area contributed by atoms with E-state index in [2.05, 4.69) is 80.7 Å². The zero-order chi connectivity index (χ0) is 34.4. The number of nitrogens with one attached hydrogen (secondary N) is 1. The summed E-state index contributed by atoms with van der Waals surface area (Å²) in [7, 11) is -3.95. The fourth-order valence-electron chi connectivity index (χ4n) is 6.81. The van der Waals surface area contributed by atoms with E-state index in [1.807, 2.05) is 72.8 Å². The molecule has 0 spiro atoms. The van der Waals surface area contributed by atoms with Crippen LogP contribution in [0.2, 0.25) is 0 Å². The second-order valence-electron chi connectivity index (χ2n) is 11.9. The first-order valence-corrected chi connectivity index (χ1v) is 18.2. The molecule has 5 aromatic carbocycles. The van der Waals surface area contributed by atoms with Gasteiger partial charge in [0.15, 0.2) is 0 Å². The first-order valence-electron chi connectivity index (χ1n) is 15.9. The van der Waals surface area contributed by atoms with Crippen LogP contribution in [-0.4, -0.2) is 50.0 Å². The summed E-state index contributed by atoms with van der Waals surface area (Å²) in [6.07, 6.45) is 1.82. The lowest BCUT2D eigenvalue weighted by Crippen LogP contribution is -2.67. The van der Waals surface area contributed by atoms with Crippen LogP contribution in [0.15, 0.2) is 162 Å². The van der Waals surface area contributed by atoms with Gasteiger partial charge in [-0.2, -0.15) is 0 Å². The Bertz CT molecular complexity index is 1880. The van der Waals surface area contributed by atoms with Gasteiger partial charge in [0.1, 0.15) is 5.60 Å². The predicted octanol–water partition coefficient (Wildman–Crippen LogP) is 7.67. The van der Waals surface area contributed by atoms with Crippen molar-refractivity contribution in [1.29, 1.82) is 0 Å². The van der Waals surface area contributed by atoms with Crippen LogP contribution in [0.3, 0.4) is 0 Å². The maximum Gasteiger partial charge on any atom is 0.269 e. The molecule has 1 N–H and O–H groups in total. The maximum atomic E-state index is 13.4. The van der Waals surface area contributed by atoms with E-state index in [-0.39, 0.29) is 35.1 Å². The van der Waals surface area contributed by atoms with E-state index in [4.69, 9.17) is 4.74 Å². The van der Waals surface area contributed by atoms with Crippen molar-refractivity contribution in [2.45, 2.75) is 28.5 Å². The quantitative estimate of drug-likeness (QED) is 0.0544. The Labute approximate surface area is 295 Å². The van der Waals surface area contributed by atoms with Gasteiger partial charge in [0.05, 0.1) is 16.4 Å². The number of non-ortho nitro benzene ring substituents is 1. The van der Waals surface area contributed by atoms with Crippen LogP contribution in [0.25, 0.3) is 0 Å². The SMILES string of the molecule is C=CCN1[C@H](COC(c2ccccc2)(c2ccccc2)c2ccccc2)[C@H](c2ccc(Br)cc2)[C@@H]1CNS(=O)(=O)c1ccc([N+](=O)[O-])cc1. The van der Waals surface area contributed by atoms with Gasteiger partial charge in [0, 0.05) is 47.7 Å². The number of nitrogens with zero attached hydrogens (tertiary/aromatic N) is 2. The van der Waals surface area contributed by atoms with Crippen LogP contribution in [0, 0.1) is 10.1 Å². The molecule has 6 rings (SSSR count). The minimum absolute atomic E-state index is 0.0360. The van der Waals surface area contributed by atoms with E-state index < -0.39 is 20.5 Å². The van der Waals surface area contributed by atoms with Crippen molar-refractivity contribution in [3.05, 3.63) is 189 Å². The van der Waals surface area contributed by atoms with Gasteiger partial charge in [-0.05, 0) is 46.5 Å². The molecule has 0 bridgehead atoms. The standard InChI is InChI=1S/C39H36BrN3O5S/c1-2-26-42-36(27-41-49(46,47)35-24-22-34(23-25-35)43(44)45)38(29-18-20-33(40)21-19-29)37(42)28-48-39(30-12-6-3-7-13-30,31-14-8-4-9-15-31)32-16-10-5-11-17-32/h2-25,36-38,41H,1,26-28H2/t36-,37+,38+/m0/s1. The number of halogens is 1. The van der Waals surface area contributed by atoms with Crippen LogP contribution < -0.4 is 4.72 Å². The summed E-state index contributed by atoms with van der Waals surface area (Å²) in [6.45, 7) is 4.97. The number of likely N-dealkylation sites (tertiary alicyclic amines) is 1. The first-order chi connectivity index (χ1) is 23.7. The van der Waals surface area contributed by atoms with Crippen LogP contribution in [0.1, 0.15) is 28.2 Å². The highest BCUT2D eigenvalue weighted by Gasteiger charge is 2.50. The lowest BCUT2D eigenvalue weighted by Gasteiger charge is -2.56. The second-order valence-corrected chi connectivity index (χ2v) is 14.6. The third-order valence-corrected chi connectivity index (χ3v) is 11.1. The average Bonchev–Trinajstić information content (AvgIpc) is 3.13. The fourth-order valence-corrected chi connectivity index (χ4v) is 8.13. The van der Waals surface area contributed by atoms with E-state index in [0.717, 1.165) is 26.7 Å². The van der Waals surface area contributed by atoms with Gasteiger partial charge in [-0.25, -0.2) is 13.1 Å². The highest BCUT2D eigenvalue weighted by atomic mass is 79.9. The molecule has 1 heterocycles. The summed E-state index contributed by atoms with van der Waals surface area (Å²) in [5.41, 5.74) is 2.95. The Morgan fingerprint density at radius 3 is 1.78 bits per heavy atom. The van der Waals surface area contributed by atoms with Gasteiger partial charge in [-0.1, -0.05) is 125 Å². The van der Waals surface area contributed by atoms with Crippen molar-refractivity contribution < 1.29 is 18.1 Å². The lowest BCUT2D eigenvalue weighted by molar-refractivity contribution is -0.384. The van der Waals surface area contributed by atoms with E-state index in [1.54, 1.807) is 0 Å². The van der Waals surface area contributed by atoms with Crippen molar-refractivity contribution in [2.75, 3.05) is 19.7 Å². The van der Waals surface area contributed by atoms with Crippen molar-refractivity contribution in [3.63, 3.8) is 0 Å². The van der Waals surface area contributed by atoms with E-state index in [9.17, 15) is 18.5 Å². The van der Waals surface area contributed by atoms with Gasteiger partial charge in [0.25, 0.3) is 5.69 Å². The Morgan fingerprint density at radius 1 is 0.796 bits per heavy atom. The van der Waals surface area contributed by atoms with Crippen molar-refractivity contribution in [1.82, 2.24) is 9.62 Å². The molecule has 0 radical (unpaired) electrons. The summed E-state index contributed by atoms with van der Waals surface area (Å²) < 4.78 is 37.7. The average molecular weight is 739 g/mol. The summed E-state index contributed by atoms with van der Waals surface area (Å²) in [6, 6.07) is 43.3. The lowest BCUT2D eigenvalue weighted by atomic mass is 9.74. The molecule has 0 unspecified atom stereocenters. The van der Waals surface area contributed by atoms with Gasteiger partial charge in [0.2, 0.25) is 10.0 Å². The minimum Gasteiger partial charge on any atom is -0.359 e. The van der Waals surface area contributed by atoms with Crippen molar-refractivity contribution >= 4 is 31.6 Å². The molecule has 1 fully saturated rings. The number of benzene rings is 5. The first kappa shape index (κ1) is 34.4. The highest BCUT2D eigenvalue weighted by Crippen LogP contribution is 2.45. The summed E-state index contributed by atoms with van der Waals surface area (Å²) in [4.78, 5) is 12.7. The number of sulfonamides is 1. The van der Waals surface area contributed by atoms with E-state index in [1.165, 1.54) is 24.3 Å². The van der Waals surface area contributed by atoms with Crippen LogP contribution >= 0.6 is 15.9 Å². The molecule has 0 aliphatic carbocycles. The zero-order valence-corrected chi connectivity index (χ0v) is 29.0. The number of rotatable bonds is 14. The molecule has 5 aromatic rings.